The summed E-state index contributed by atoms with van der Waals surface area (Å²) in [4.78, 5) is 84.6. The molecule has 0 bridgehead atoms. The van der Waals surface area contributed by atoms with Crippen molar-refractivity contribution in [3.63, 3.8) is 0 Å². The van der Waals surface area contributed by atoms with Crippen LogP contribution in [0.15, 0.2) is 54.6 Å². The number of ether oxygens (including phenoxy) is 3. The van der Waals surface area contributed by atoms with E-state index in [9.17, 15) is 33.9 Å². The van der Waals surface area contributed by atoms with Gasteiger partial charge in [0.2, 0.25) is 29.5 Å². The summed E-state index contributed by atoms with van der Waals surface area (Å²) in [5.41, 5.74) is 1.97. The van der Waals surface area contributed by atoms with Crippen molar-refractivity contribution in [2.45, 2.75) is 116 Å². The number of carbonyl (C=O) groups excluding carboxylic acids is 6. The monoisotopic (exact) mass is 896 g/mol. The number of carbonyl (C=O) groups is 6. The number of anilines is 1. The molecule has 2 aromatic rings. The second kappa shape index (κ2) is 26.0. The number of hydrogen-bond acceptors (Lipinski definition) is 11. The highest BCUT2D eigenvalue weighted by Crippen LogP contribution is 2.30. The summed E-state index contributed by atoms with van der Waals surface area (Å²) in [6.45, 7) is 11.3. The van der Waals surface area contributed by atoms with E-state index in [4.69, 9.17) is 14.2 Å². The van der Waals surface area contributed by atoms with E-state index in [-0.39, 0.29) is 61.7 Å². The van der Waals surface area contributed by atoms with Crippen LogP contribution in [0.3, 0.4) is 0 Å². The van der Waals surface area contributed by atoms with Crippen molar-refractivity contribution in [2.75, 3.05) is 60.3 Å². The number of likely N-dealkylation sites (N-methyl/N-ethyl adjacent to an activating group) is 3. The van der Waals surface area contributed by atoms with Gasteiger partial charge in [-0.25, -0.2) is 4.79 Å². The molecule has 1 fully saturated rings. The maximum absolute atomic E-state index is 14.2. The molecule has 1 aliphatic rings. The van der Waals surface area contributed by atoms with Crippen LogP contribution < -0.4 is 21.3 Å². The van der Waals surface area contributed by atoms with Crippen LogP contribution >= 0.6 is 0 Å². The molecule has 0 spiro atoms. The van der Waals surface area contributed by atoms with Crippen LogP contribution in [0.4, 0.5) is 10.5 Å². The zero-order chi connectivity index (χ0) is 47.7. The Morgan fingerprint density at radius 2 is 1.53 bits per heavy atom. The lowest BCUT2D eigenvalue weighted by atomic mass is 9.90. The highest BCUT2D eigenvalue weighted by molar-refractivity contribution is 5.92. The number of nitrogens with one attached hydrogen (secondary N) is 4. The number of aliphatic hydroxyl groups is 1. The fourth-order valence-electron chi connectivity index (χ4n) is 8.43. The topological polar surface area (TPSA) is 208 Å². The van der Waals surface area contributed by atoms with Crippen molar-refractivity contribution >= 4 is 41.3 Å². The molecule has 3 rings (SSSR count). The van der Waals surface area contributed by atoms with Gasteiger partial charge in [0.15, 0.2) is 0 Å². The van der Waals surface area contributed by atoms with E-state index < -0.39 is 60.3 Å². The zero-order valence-corrected chi connectivity index (χ0v) is 39.6. The van der Waals surface area contributed by atoms with Gasteiger partial charge in [0, 0.05) is 40.5 Å². The van der Waals surface area contributed by atoms with Crippen LogP contribution in [-0.4, -0.2) is 147 Å². The lowest BCUT2D eigenvalue weighted by molar-refractivity contribution is -0.146. The van der Waals surface area contributed by atoms with E-state index >= 15 is 0 Å². The van der Waals surface area contributed by atoms with E-state index in [0.717, 1.165) is 6.42 Å². The molecule has 9 unspecified atom stereocenters. The minimum Gasteiger partial charge on any atom is -0.445 e. The molecule has 2 aromatic carbocycles. The molecule has 1 aliphatic heterocycles. The van der Waals surface area contributed by atoms with E-state index in [1.807, 2.05) is 32.0 Å². The third-order valence-electron chi connectivity index (χ3n) is 12.2. The number of methoxy groups -OCH3 is 2. The summed E-state index contributed by atoms with van der Waals surface area (Å²) in [6, 6.07) is 13.5. The van der Waals surface area contributed by atoms with Crippen LogP contribution in [-0.2, 0) is 44.8 Å². The quantitative estimate of drug-likeness (QED) is 0.103. The van der Waals surface area contributed by atoms with Crippen LogP contribution in [0.5, 0.6) is 0 Å². The maximum Gasteiger partial charge on any atom is 0.410 e. The van der Waals surface area contributed by atoms with Crippen molar-refractivity contribution in [2.24, 2.45) is 17.8 Å². The standard InChI is InChI=1S/C47H73N7O10/c1-12-30(4)42(37(62-10)25-39(56)54-24-16-19-36(54)44(63-11)31(5)45(59)50-32(6)43(58)34-17-14-13-15-18-34)52(8)40(57)27-49-46(60)41(29(2)3)53(9)47(61)64-28-33-20-22-35(23-21-33)51-38(55)26-48-7/h13-15,17-18,20-23,29-32,36-37,41-44,48,58H,12,16,19,24-28H2,1-11H3,(H,49,60)(H,50,59)(H,51,55). The Morgan fingerprint density at radius 1 is 0.875 bits per heavy atom. The predicted molar refractivity (Wildman–Crippen MR) is 244 cm³/mol. The Labute approximate surface area is 379 Å². The molecule has 17 heteroatoms. The highest BCUT2D eigenvalue weighted by Gasteiger charge is 2.42. The lowest BCUT2D eigenvalue weighted by Crippen LogP contribution is -2.56. The maximum atomic E-state index is 14.2. The summed E-state index contributed by atoms with van der Waals surface area (Å²) in [7, 11) is 7.81. The minimum absolute atomic E-state index is 0.0387. The highest BCUT2D eigenvalue weighted by atomic mass is 16.6. The first-order valence-corrected chi connectivity index (χ1v) is 22.2. The van der Waals surface area contributed by atoms with Crippen molar-refractivity contribution in [1.29, 1.82) is 0 Å². The second-order valence-corrected chi connectivity index (χ2v) is 17.1. The van der Waals surface area contributed by atoms with Gasteiger partial charge in [-0.05, 0) is 61.9 Å². The van der Waals surface area contributed by atoms with E-state index in [2.05, 4.69) is 21.3 Å². The van der Waals surface area contributed by atoms with Gasteiger partial charge in [0.25, 0.3) is 0 Å². The molecule has 1 saturated heterocycles. The summed E-state index contributed by atoms with van der Waals surface area (Å²) >= 11 is 0. The lowest BCUT2D eigenvalue weighted by Gasteiger charge is -2.39. The Kier molecular flexibility index (Phi) is 21.6. The summed E-state index contributed by atoms with van der Waals surface area (Å²) < 4.78 is 17.4. The molecule has 64 heavy (non-hydrogen) atoms. The van der Waals surface area contributed by atoms with Crippen LogP contribution in [0.2, 0.25) is 0 Å². The number of hydrogen-bond donors (Lipinski definition) is 5. The Bertz CT molecular complexity index is 1820. The van der Waals surface area contributed by atoms with Gasteiger partial charge < -0.3 is 50.4 Å². The Hall–Kier alpha value is -5.10. The predicted octanol–water partition coefficient (Wildman–Crippen LogP) is 3.71. The van der Waals surface area contributed by atoms with Gasteiger partial charge >= 0.3 is 6.09 Å². The zero-order valence-electron chi connectivity index (χ0n) is 39.6. The third-order valence-corrected chi connectivity index (χ3v) is 12.2. The molecule has 5 N–H and O–H groups in total. The fourth-order valence-corrected chi connectivity index (χ4v) is 8.43. The molecule has 0 aromatic heterocycles. The smallest absolute Gasteiger partial charge is 0.410 e. The molecular weight excluding hydrogens is 823 g/mol. The molecule has 0 radical (unpaired) electrons. The number of likely N-dealkylation sites (tertiary alicyclic amines) is 1. The molecule has 6 amide bonds. The Balaban J connectivity index is 1.63. The van der Waals surface area contributed by atoms with Crippen LogP contribution in [0, 0.1) is 17.8 Å². The van der Waals surface area contributed by atoms with Crippen LogP contribution in [0.1, 0.15) is 84.5 Å². The summed E-state index contributed by atoms with van der Waals surface area (Å²) in [6.07, 6.45) is -0.971. The molecule has 0 aliphatic carbocycles. The van der Waals surface area contributed by atoms with Gasteiger partial charge in [0.1, 0.15) is 12.6 Å². The molecule has 1 heterocycles. The third kappa shape index (κ3) is 14.7. The molecule has 17 nitrogen and oxygen atoms in total. The van der Waals surface area contributed by atoms with Gasteiger partial charge in [0.05, 0.1) is 61.9 Å². The van der Waals surface area contributed by atoms with Crippen LogP contribution in [0.25, 0.3) is 0 Å². The molecule has 9 atom stereocenters. The van der Waals surface area contributed by atoms with Gasteiger partial charge in [-0.3, -0.25) is 28.9 Å². The number of benzene rings is 2. The molecule has 0 saturated carbocycles. The number of aliphatic hydroxyl groups excluding tert-OH is 1. The van der Waals surface area contributed by atoms with E-state index in [1.165, 1.54) is 31.1 Å². The minimum atomic E-state index is -0.951. The first-order chi connectivity index (χ1) is 30.4. The van der Waals surface area contributed by atoms with Crippen molar-refractivity contribution in [3.05, 3.63) is 65.7 Å². The van der Waals surface area contributed by atoms with E-state index in [0.29, 0.717) is 36.2 Å². The van der Waals surface area contributed by atoms with Gasteiger partial charge in [-0.15, -0.1) is 0 Å². The Morgan fingerprint density at radius 3 is 2.11 bits per heavy atom. The average molecular weight is 896 g/mol. The van der Waals surface area contributed by atoms with E-state index in [1.54, 1.807) is 83.1 Å². The SMILES string of the molecule is CCC(C)C(C(CC(=O)N1CCCC1C(OC)C(C)C(=O)NC(C)C(O)c1ccccc1)OC)N(C)C(=O)CNC(=O)C(C(C)C)N(C)C(=O)OCc1ccc(NC(=O)CNC)cc1. The molecular formula is C47H73N7O10. The summed E-state index contributed by atoms with van der Waals surface area (Å²) in [5, 5.41) is 22.0. The van der Waals surface area contributed by atoms with Crippen molar-refractivity contribution in [3.8, 4) is 0 Å². The number of amides is 6. The number of rotatable bonds is 24. The summed E-state index contributed by atoms with van der Waals surface area (Å²) in [5.74, 6) is -2.70. The van der Waals surface area contributed by atoms with Crippen molar-refractivity contribution in [1.82, 2.24) is 30.7 Å². The number of nitrogens with zero attached hydrogens (tertiary/aromatic N) is 3. The molecule has 356 valence electrons. The second-order valence-electron chi connectivity index (χ2n) is 17.1. The average Bonchev–Trinajstić information content (AvgIpc) is 3.77. The van der Waals surface area contributed by atoms with Gasteiger partial charge in [-0.2, -0.15) is 0 Å². The largest absolute Gasteiger partial charge is 0.445 e. The van der Waals surface area contributed by atoms with Gasteiger partial charge in [-0.1, -0.05) is 83.5 Å². The normalized spacial score (nSPS) is 17.5. The first kappa shape index (κ1) is 53.2. The van der Waals surface area contributed by atoms with Crippen molar-refractivity contribution < 1.29 is 48.1 Å². The first-order valence-electron chi connectivity index (χ1n) is 22.2. The fraction of sp³-hybridized carbons (Fsp3) is 0.617.